The summed E-state index contributed by atoms with van der Waals surface area (Å²) >= 11 is 0. The molecular formula is C13H17NO5S. The summed E-state index contributed by atoms with van der Waals surface area (Å²) in [6, 6.07) is 4.68. The van der Waals surface area contributed by atoms with Gasteiger partial charge in [-0.05, 0) is 26.0 Å². The van der Waals surface area contributed by atoms with Gasteiger partial charge in [-0.25, -0.2) is 8.42 Å². The average molecular weight is 299 g/mol. The lowest BCUT2D eigenvalue weighted by Crippen LogP contribution is -2.44. The van der Waals surface area contributed by atoms with Crippen LogP contribution in [0.4, 0.5) is 0 Å². The highest BCUT2D eigenvalue weighted by Gasteiger charge is 2.42. The topological polar surface area (TPSA) is 65.1 Å². The second kappa shape index (κ2) is 4.61. The lowest BCUT2D eigenvalue weighted by Gasteiger charge is -2.28. The van der Waals surface area contributed by atoms with Gasteiger partial charge in [0.2, 0.25) is 10.0 Å². The Labute approximate surface area is 118 Å². The standard InChI is InChI=1S/C13H17NO5S/c1-13(2)8-17-9-14(13)20(15,16)10-3-4-11-12(7-10)19-6-5-18-11/h3-4,7H,5-6,8-9H2,1-2H3. The number of rotatable bonds is 2. The second-order valence-corrected chi connectivity index (χ2v) is 7.31. The summed E-state index contributed by atoms with van der Waals surface area (Å²) in [5.41, 5.74) is -0.550. The Balaban J connectivity index is 1.99. The molecule has 20 heavy (non-hydrogen) atoms. The van der Waals surface area contributed by atoms with Crippen LogP contribution >= 0.6 is 0 Å². The van der Waals surface area contributed by atoms with Gasteiger partial charge in [-0.3, -0.25) is 0 Å². The van der Waals surface area contributed by atoms with Crippen LogP contribution in [-0.2, 0) is 14.8 Å². The fraction of sp³-hybridized carbons (Fsp3) is 0.538. The van der Waals surface area contributed by atoms with Crippen LogP contribution in [-0.4, -0.2) is 44.8 Å². The third-order valence-electron chi connectivity index (χ3n) is 3.44. The van der Waals surface area contributed by atoms with E-state index in [9.17, 15) is 8.42 Å². The van der Waals surface area contributed by atoms with E-state index in [1.54, 1.807) is 6.07 Å². The first-order valence-corrected chi connectivity index (χ1v) is 7.85. The van der Waals surface area contributed by atoms with E-state index in [0.29, 0.717) is 31.3 Å². The molecule has 1 fully saturated rings. The molecule has 6 nitrogen and oxygen atoms in total. The Kier molecular flexibility index (Phi) is 3.15. The number of nitrogens with zero attached hydrogens (tertiary/aromatic N) is 1. The number of hydrogen-bond acceptors (Lipinski definition) is 5. The van der Waals surface area contributed by atoms with Gasteiger partial charge in [0.05, 0.1) is 17.0 Å². The van der Waals surface area contributed by atoms with Gasteiger partial charge in [0.15, 0.2) is 11.5 Å². The van der Waals surface area contributed by atoms with Crippen molar-refractivity contribution >= 4 is 10.0 Å². The summed E-state index contributed by atoms with van der Waals surface area (Å²) in [5, 5.41) is 0. The zero-order chi connectivity index (χ0) is 14.4. The van der Waals surface area contributed by atoms with E-state index in [0.717, 1.165) is 0 Å². The van der Waals surface area contributed by atoms with Gasteiger partial charge in [-0.2, -0.15) is 4.31 Å². The monoisotopic (exact) mass is 299 g/mol. The molecule has 0 atom stereocenters. The maximum Gasteiger partial charge on any atom is 0.245 e. The highest BCUT2D eigenvalue weighted by molar-refractivity contribution is 7.89. The lowest BCUT2D eigenvalue weighted by molar-refractivity contribution is 0.169. The van der Waals surface area contributed by atoms with Crippen LogP contribution in [0.25, 0.3) is 0 Å². The van der Waals surface area contributed by atoms with Crippen molar-refractivity contribution in [3.05, 3.63) is 18.2 Å². The van der Waals surface area contributed by atoms with Crippen molar-refractivity contribution in [1.82, 2.24) is 4.31 Å². The van der Waals surface area contributed by atoms with E-state index in [1.165, 1.54) is 16.4 Å². The maximum absolute atomic E-state index is 12.7. The van der Waals surface area contributed by atoms with Gasteiger partial charge in [0.25, 0.3) is 0 Å². The van der Waals surface area contributed by atoms with E-state index in [2.05, 4.69) is 0 Å². The summed E-state index contributed by atoms with van der Waals surface area (Å²) in [6.45, 7) is 5.05. The molecule has 0 unspecified atom stereocenters. The normalized spacial score (nSPS) is 21.9. The Hall–Kier alpha value is -1.31. The molecule has 2 aliphatic heterocycles. The minimum Gasteiger partial charge on any atom is -0.486 e. The summed E-state index contributed by atoms with van der Waals surface area (Å²) in [4.78, 5) is 0.195. The first-order chi connectivity index (χ1) is 9.41. The highest BCUT2D eigenvalue weighted by Crippen LogP contribution is 2.35. The number of ether oxygens (including phenoxy) is 3. The Bertz CT molecular complexity index is 626. The highest BCUT2D eigenvalue weighted by atomic mass is 32.2. The maximum atomic E-state index is 12.7. The van der Waals surface area contributed by atoms with Crippen molar-refractivity contribution in [3.63, 3.8) is 0 Å². The second-order valence-electron chi connectivity index (χ2n) is 5.45. The zero-order valence-electron chi connectivity index (χ0n) is 11.5. The largest absolute Gasteiger partial charge is 0.486 e. The first kappa shape index (κ1) is 13.7. The van der Waals surface area contributed by atoms with Crippen LogP contribution in [0, 0.1) is 0 Å². The van der Waals surface area contributed by atoms with Gasteiger partial charge >= 0.3 is 0 Å². The van der Waals surface area contributed by atoms with Crippen LogP contribution in [0.5, 0.6) is 11.5 Å². The molecule has 0 aliphatic carbocycles. The molecule has 7 heteroatoms. The van der Waals surface area contributed by atoms with Gasteiger partial charge < -0.3 is 14.2 Å². The van der Waals surface area contributed by atoms with Gasteiger partial charge in [-0.1, -0.05) is 0 Å². The lowest BCUT2D eigenvalue weighted by atomic mass is 10.1. The molecule has 0 bridgehead atoms. The molecule has 1 saturated heterocycles. The fourth-order valence-corrected chi connectivity index (χ4v) is 4.00. The minimum absolute atomic E-state index is 0.0732. The number of fused-ring (bicyclic) bond motifs is 1. The van der Waals surface area contributed by atoms with E-state index in [-0.39, 0.29) is 11.6 Å². The molecular weight excluding hydrogens is 282 g/mol. The predicted octanol–water partition coefficient (Wildman–Crippen LogP) is 1.21. The molecule has 0 N–H and O–H groups in total. The quantitative estimate of drug-likeness (QED) is 0.821. The van der Waals surface area contributed by atoms with Crippen molar-refractivity contribution in [2.75, 3.05) is 26.6 Å². The van der Waals surface area contributed by atoms with Gasteiger partial charge in [0, 0.05) is 6.07 Å². The van der Waals surface area contributed by atoms with E-state index < -0.39 is 15.6 Å². The number of sulfonamides is 1. The minimum atomic E-state index is -3.61. The fourth-order valence-electron chi connectivity index (χ4n) is 2.33. The third-order valence-corrected chi connectivity index (χ3v) is 5.47. The summed E-state index contributed by atoms with van der Waals surface area (Å²) in [7, 11) is -3.61. The average Bonchev–Trinajstić information content (AvgIpc) is 2.78. The van der Waals surface area contributed by atoms with Crippen LogP contribution < -0.4 is 9.47 Å². The molecule has 2 aliphatic rings. The third kappa shape index (κ3) is 2.15. The Morgan fingerprint density at radius 1 is 1.15 bits per heavy atom. The smallest absolute Gasteiger partial charge is 0.245 e. The molecule has 0 saturated carbocycles. The first-order valence-electron chi connectivity index (χ1n) is 6.41. The Morgan fingerprint density at radius 3 is 2.50 bits per heavy atom. The molecule has 0 spiro atoms. The van der Waals surface area contributed by atoms with Crippen LogP contribution in [0.2, 0.25) is 0 Å². The summed E-state index contributed by atoms with van der Waals surface area (Å²) in [6.07, 6.45) is 0. The molecule has 0 amide bonds. The molecule has 1 aromatic rings. The molecule has 3 rings (SSSR count). The van der Waals surface area contributed by atoms with E-state index in [4.69, 9.17) is 14.2 Å². The SMILES string of the molecule is CC1(C)COCN1S(=O)(=O)c1ccc2c(c1)OCCO2. The Morgan fingerprint density at radius 2 is 1.85 bits per heavy atom. The van der Waals surface area contributed by atoms with Crippen molar-refractivity contribution in [2.24, 2.45) is 0 Å². The predicted molar refractivity (Wildman–Crippen MR) is 71.4 cm³/mol. The van der Waals surface area contributed by atoms with Crippen molar-refractivity contribution < 1.29 is 22.6 Å². The van der Waals surface area contributed by atoms with Crippen molar-refractivity contribution in [3.8, 4) is 11.5 Å². The van der Waals surface area contributed by atoms with Crippen LogP contribution in [0.3, 0.4) is 0 Å². The van der Waals surface area contributed by atoms with E-state index >= 15 is 0 Å². The molecule has 0 aromatic heterocycles. The molecule has 0 radical (unpaired) electrons. The number of hydrogen-bond donors (Lipinski definition) is 0. The molecule has 2 heterocycles. The van der Waals surface area contributed by atoms with Gasteiger partial charge in [-0.15, -0.1) is 0 Å². The summed E-state index contributed by atoms with van der Waals surface area (Å²) < 4.78 is 42.9. The van der Waals surface area contributed by atoms with Gasteiger partial charge in [0.1, 0.15) is 19.9 Å². The zero-order valence-corrected chi connectivity index (χ0v) is 12.3. The van der Waals surface area contributed by atoms with Crippen molar-refractivity contribution in [2.45, 2.75) is 24.3 Å². The summed E-state index contributed by atoms with van der Waals surface area (Å²) in [5.74, 6) is 1.04. The molecule has 1 aromatic carbocycles. The van der Waals surface area contributed by atoms with Crippen LogP contribution in [0.1, 0.15) is 13.8 Å². The van der Waals surface area contributed by atoms with E-state index in [1.807, 2.05) is 13.8 Å². The molecule has 110 valence electrons. The number of benzene rings is 1. The van der Waals surface area contributed by atoms with Crippen molar-refractivity contribution in [1.29, 1.82) is 0 Å². The van der Waals surface area contributed by atoms with Crippen LogP contribution in [0.15, 0.2) is 23.1 Å².